The lowest BCUT2D eigenvalue weighted by Crippen LogP contribution is -2.30. The van der Waals surface area contributed by atoms with Gasteiger partial charge >= 0.3 is 0 Å². The summed E-state index contributed by atoms with van der Waals surface area (Å²) in [6.45, 7) is 8.30. The van der Waals surface area contributed by atoms with Gasteiger partial charge in [0.25, 0.3) is 0 Å². The summed E-state index contributed by atoms with van der Waals surface area (Å²) in [5.41, 5.74) is 2.84. The van der Waals surface area contributed by atoms with Gasteiger partial charge < -0.3 is 10.2 Å². The SMILES string of the molecule is Cc1cccc(CCCNCCN2CCCC2)c1. The van der Waals surface area contributed by atoms with E-state index in [9.17, 15) is 0 Å². The van der Waals surface area contributed by atoms with Crippen molar-refractivity contribution >= 4 is 0 Å². The maximum absolute atomic E-state index is 3.56. The Morgan fingerprint density at radius 1 is 1.17 bits per heavy atom. The molecule has 1 fully saturated rings. The molecule has 1 saturated heterocycles. The van der Waals surface area contributed by atoms with Crippen LogP contribution in [0.15, 0.2) is 24.3 Å². The molecule has 100 valence electrons. The first-order chi connectivity index (χ1) is 8.84. The number of aryl methyl sites for hydroxylation is 2. The molecule has 2 heteroatoms. The molecule has 1 N–H and O–H groups in total. The van der Waals surface area contributed by atoms with Gasteiger partial charge in [-0.15, -0.1) is 0 Å². The lowest BCUT2D eigenvalue weighted by molar-refractivity contribution is 0.336. The molecule has 0 amide bonds. The number of hydrogen-bond acceptors (Lipinski definition) is 2. The molecule has 0 saturated carbocycles. The summed E-state index contributed by atoms with van der Waals surface area (Å²) in [7, 11) is 0. The van der Waals surface area contributed by atoms with E-state index in [-0.39, 0.29) is 0 Å². The van der Waals surface area contributed by atoms with E-state index in [1.807, 2.05) is 0 Å². The minimum absolute atomic E-state index is 1.14. The van der Waals surface area contributed by atoms with E-state index in [1.54, 1.807) is 0 Å². The van der Waals surface area contributed by atoms with Gasteiger partial charge in [0.2, 0.25) is 0 Å². The van der Waals surface area contributed by atoms with E-state index in [0.29, 0.717) is 0 Å². The van der Waals surface area contributed by atoms with E-state index in [2.05, 4.69) is 41.4 Å². The van der Waals surface area contributed by atoms with Crippen LogP contribution >= 0.6 is 0 Å². The zero-order valence-corrected chi connectivity index (χ0v) is 11.6. The highest BCUT2D eigenvalue weighted by atomic mass is 15.1. The Bertz CT molecular complexity index is 343. The van der Waals surface area contributed by atoms with Crippen molar-refractivity contribution in [2.24, 2.45) is 0 Å². The summed E-state index contributed by atoms with van der Waals surface area (Å²) in [5, 5.41) is 3.56. The molecule has 1 aromatic carbocycles. The quantitative estimate of drug-likeness (QED) is 0.744. The molecule has 2 rings (SSSR count). The number of hydrogen-bond donors (Lipinski definition) is 1. The highest BCUT2D eigenvalue weighted by Crippen LogP contribution is 2.06. The summed E-state index contributed by atoms with van der Waals surface area (Å²) in [6.07, 6.45) is 5.22. The first-order valence-corrected chi connectivity index (χ1v) is 7.33. The van der Waals surface area contributed by atoms with Crippen LogP contribution in [-0.2, 0) is 6.42 Å². The van der Waals surface area contributed by atoms with Crippen molar-refractivity contribution in [2.75, 3.05) is 32.7 Å². The lowest BCUT2D eigenvalue weighted by Gasteiger charge is -2.14. The number of rotatable bonds is 7. The minimum Gasteiger partial charge on any atom is -0.315 e. The van der Waals surface area contributed by atoms with Crippen molar-refractivity contribution in [3.63, 3.8) is 0 Å². The number of benzene rings is 1. The van der Waals surface area contributed by atoms with E-state index < -0.39 is 0 Å². The van der Waals surface area contributed by atoms with Crippen LogP contribution in [0.2, 0.25) is 0 Å². The maximum Gasteiger partial charge on any atom is 0.0107 e. The third-order valence-electron chi connectivity index (χ3n) is 3.70. The van der Waals surface area contributed by atoms with Crippen molar-refractivity contribution < 1.29 is 0 Å². The average Bonchev–Trinajstić information content (AvgIpc) is 2.87. The fourth-order valence-corrected chi connectivity index (χ4v) is 2.65. The molecule has 2 nitrogen and oxygen atoms in total. The number of nitrogens with zero attached hydrogens (tertiary/aromatic N) is 1. The van der Waals surface area contributed by atoms with Gasteiger partial charge in [0.05, 0.1) is 0 Å². The van der Waals surface area contributed by atoms with Gasteiger partial charge in [0.15, 0.2) is 0 Å². The Morgan fingerprint density at radius 3 is 2.78 bits per heavy atom. The molecular weight excluding hydrogens is 220 g/mol. The van der Waals surface area contributed by atoms with Gasteiger partial charge in [-0.2, -0.15) is 0 Å². The van der Waals surface area contributed by atoms with Crippen molar-refractivity contribution in [1.82, 2.24) is 10.2 Å². The van der Waals surface area contributed by atoms with Crippen LogP contribution in [0.1, 0.15) is 30.4 Å². The molecular formula is C16H26N2. The number of nitrogens with one attached hydrogen (secondary N) is 1. The van der Waals surface area contributed by atoms with Crippen LogP contribution < -0.4 is 5.32 Å². The predicted octanol–water partition coefficient (Wildman–Crippen LogP) is 2.61. The maximum atomic E-state index is 3.56. The smallest absolute Gasteiger partial charge is 0.0107 e. The Labute approximate surface area is 111 Å². The first-order valence-electron chi connectivity index (χ1n) is 7.33. The zero-order valence-electron chi connectivity index (χ0n) is 11.6. The van der Waals surface area contributed by atoms with Crippen LogP contribution in [0.4, 0.5) is 0 Å². The standard InChI is InChI=1S/C16H26N2/c1-15-6-4-7-16(14-15)8-5-9-17-10-13-18-11-2-3-12-18/h4,6-7,14,17H,2-3,5,8-13H2,1H3. The molecule has 1 aliphatic rings. The normalized spacial score (nSPS) is 16.3. The van der Waals surface area contributed by atoms with Crippen molar-refractivity contribution in [1.29, 1.82) is 0 Å². The first kappa shape index (κ1) is 13.6. The van der Waals surface area contributed by atoms with Crippen molar-refractivity contribution in [3.8, 4) is 0 Å². The van der Waals surface area contributed by atoms with E-state index in [0.717, 1.165) is 13.1 Å². The molecule has 0 radical (unpaired) electrons. The highest BCUT2D eigenvalue weighted by molar-refractivity contribution is 5.22. The average molecular weight is 246 g/mol. The Hall–Kier alpha value is -0.860. The van der Waals surface area contributed by atoms with Crippen LogP contribution in [0.3, 0.4) is 0 Å². The molecule has 18 heavy (non-hydrogen) atoms. The summed E-state index contributed by atoms with van der Waals surface area (Å²) in [6, 6.07) is 8.85. The van der Waals surface area contributed by atoms with Crippen LogP contribution in [0, 0.1) is 6.92 Å². The van der Waals surface area contributed by atoms with Gasteiger partial charge in [-0.3, -0.25) is 0 Å². The molecule has 1 aromatic rings. The summed E-state index contributed by atoms with van der Waals surface area (Å²) >= 11 is 0. The fourth-order valence-electron chi connectivity index (χ4n) is 2.65. The largest absolute Gasteiger partial charge is 0.315 e. The summed E-state index contributed by atoms with van der Waals surface area (Å²) in [4.78, 5) is 2.56. The molecule has 1 aliphatic heterocycles. The van der Waals surface area contributed by atoms with Gasteiger partial charge in [-0.1, -0.05) is 29.8 Å². The zero-order chi connectivity index (χ0) is 12.6. The second-order valence-corrected chi connectivity index (χ2v) is 5.39. The fraction of sp³-hybridized carbons (Fsp3) is 0.625. The third kappa shape index (κ3) is 4.79. The summed E-state index contributed by atoms with van der Waals surface area (Å²) < 4.78 is 0. The van der Waals surface area contributed by atoms with E-state index in [4.69, 9.17) is 0 Å². The van der Waals surface area contributed by atoms with E-state index >= 15 is 0 Å². The molecule has 0 aliphatic carbocycles. The highest BCUT2D eigenvalue weighted by Gasteiger charge is 2.09. The van der Waals surface area contributed by atoms with Gasteiger partial charge in [0.1, 0.15) is 0 Å². The topological polar surface area (TPSA) is 15.3 Å². The van der Waals surface area contributed by atoms with Crippen molar-refractivity contribution in [3.05, 3.63) is 35.4 Å². The van der Waals surface area contributed by atoms with E-state index in [1.165, 1.54) is 56.4 Å². The second kappa shape index (κ2) is 7.55. The van der Waals surface area contributed by atoms with Crippen LogP contribution in [0.5, 0.6) is 0 Å². The minimum atomic E-state index is 1.14. The van der Waals surface area contributed by atoms with Crippen molar-refractivity contribution in [2.45, 2.75) is 32.6 Å². The van der Waals surface area contributed by atoms with Gasteiger partial charge in [-0.25, -0.2) is 0 Å². The van der Waals surface area contributed by atoms with Crippen LogP contribution in [0.25, 0.3) is 0 Å². The third-order valence-corrected chi connectivity index (χ3v) is 3.70. The Morgan fingerprint density at radius 2 is 2.00 bits per heavy atom. The monoisotopic (exact) mass is 246 g/mol. The second-order valence-electron chi connectivity index (χ2n) is 5.39. The molecule has 0 bridgehead atoms. The molecule has 0 spiro atoms. The number of likely N-dealkylation sites (tertiary alicyclic amines) is 1. The Balaban J connectivity index is 1.50. The molecule has 0 unspecified atom stereocenters. The Kier molecular flexibility index (Phi) is 5.69. The predicted molar refractivity (Wildman–Crippen MR) is 78.0 cm³/mol. The summed E-state index contributed by atoms with van der Waals surface area (Å²) in [5.74, 6) is 0. The van der Waals surface area contributed by atoms with Gasteiger partial charge in [0, 0.05) is 13.1 Å². The molecule has 0 aromatic heterocycles. The van der Waals surface area contributed by atoms with Gasteiger partial charge in [-0.05, 0) is 57.8 Å². The molecule has 0 atom stereocenters. The van der Waals surface area contributed by atoms with Crippen LogP contribution in [-0.4, -0.2) is 37.6 Å². The lowest BCUT2D eigenvalue weighted by atomic mass is 10.1. The molecule has 1 heterocycles.